The Morgan fingerprint density at radius 3 is 2.08 bits per heavy atom. The molecule has 0 N–H and O–H groups in total. The maximum atomic E-state index is 12.2. The van der Waals surface area contributed by atoms with E-state index in [1.165, 1.54) is 0 Å². The zero-order chi connectivity index (χ0) is 26.3. The molecule has 0 atom stereocenters. The van der Waals surface area contributed by atoms with Gasteiger partial charge in [-0.3, -0.25) is 0 Å². The van der Waals surface area contributed by atoms with Crippen molar-refractivity contribution in [3.05, 3.63) is 71.8 Å². The van der Waals surface area contributed by atoms with Crippen LogP contribution in [0.5, 0.6) is 5.75 Å². The summed E-state index contributed by atoms with van der Waals surface area (Å²) in [7, 11) is 0. The van der Waals surface area contributed by atoms with Gasteiger partial charge in [-0.05, 0) is 54.5 Å². The zero-order valence-electron chi connectivity index (χ0n) is 21.8. The van der Waals surface area contributed by atoms with Crippen LogP contribution >= 0.6 is 11.6 Å². The Morgan fingerprint density at radius 1 is 0.865 bits per heavy atom. The van der Waals surface area contributed by atoms with E-state index in [-0.39, 0.29) is 18.6 Å². The van der Waals surface area contributed by atoms with E-state index in [1.807, 2.05) is 48.5 Å². The highest BCUT2D eigenvalue weighted by Gasteiger charge is 2.24. The Bertz CT molecular complexity index is 1300. The highest BCUT2D eigenvalue weighted by molar-refractivity contribution is 6.32. The molecule has 1 aromatic heterocycles. The quantitative estimate of drug-likeness (QED) is 0.108. The number of fused-ring (bicyclic) bond motifs is 2. The Hall–Kier alpha value is -3.15. The number of benzene rings is 3. The summed E-state index contributed by atoms with van der Waals surface area (Å²) in [5.41, 5.74) is 4.06. The van der Waals surface area contributed by atoms with Crippen LogP contribution in [0.2, 0.25) is 5.02 Å². The lowest BCUT2D eigenvalue weighted by atomic mass is 9.81. The van der Waals surface area contributed by atoms with Crippen LogP contribution in [0, 0.1) is 5.41 Å². The van der Waals surface area contributed by atoms with Crippen molar-refractivity contribution in [3.63, 3.8) is 0 Å². The molecule has 0 fully saturated rings. The maximum Gasteiger partial charge on any atom is 0.344 e. The molecule has 4 rings (SSSR count). The molecule has 37 heavy (non-hydrogen) atoms. The molecule has 194 valence electrons. The number of nitrogens with zero attached hydrogens (tertiary/aromatic N) is 1. The van der Waals surface area contributed by atoms with E-state index < -0.39 is 5.97 Å². The minimum Gasteiger partial charge on any atom is -0.480 e. The number of hydrogen-bond donors (Lipinski definition) is 0. The standard InChI is InChI=1S/C31H34ClNO4/c1-4-31(5-2,6-3)21-35-17-18-36-29(34)20-37-28-16-15-22(19-25(28)32)30-23-11-7-9-13-26(23)33-27-14-10-8-12-24(27)30/h7-16,19H,4-6,17-18,20-21H2,1-3H3. The van der Waals surface area contributed by atoms with Crippen molar-refractivity contribution in [2.45, 2.75) is 40.0 Å². The molecule has 4 aromatic rings. The van der Waals surface area contributed by atoms with E-state index in [2.05, 4.69) is 32.9 Å². The summed E-state index contributed by atoms with van der Waals surface area (Å²) >= 11 is 6.58. The minimum absolute atomic E-state index is 0.199. The van der Waals surface area contributed by atoms with Gasteiger partial charge in [0.1, 0.15) is 12.4 Å². The summed E-state index contributed by atoms with van der Waals surface area (Å²) < 4.78 is 16.7. The number of para-hydroxylation sites is 2. The first-order valence-electron chi connectivity index (χ1n) is 12.9. The predicted molar refractivity (Wildman–Crippen MR) is 150 cm³/mol. The monoisotopic (exact) mass is 519 g/mol. The van der Waals surface area contributed by atoms with Gasteiger partial charge in [-0.2, -0.15) is 0 Å². The molecular weight excluding hydrogens is 486 g/mol. The summed E-state index contributed by atoms with van der Waals surface area (Å²) in [5, 5.41) is 2.52. The summed E-state index contributed by atoms with van der Waals surface area (Å²) in [6.45, 7) is 7.59. The van der Waals surface area contributed by atoms with Gasteiger partial charge in [0.05, 0.1) is 29.3 Å². The van der Waals surface area contributed by atoms with Gasteiger partial charge in [-0.25, -0.2) is 9.78 Å². The van der Waals surface area contributed by atoms with Crippen molar-refractivity contribution in [1.82, 2.24) is 4.98 Å². The highest BCUT2D eigenvalue weighted by atomic mass is 35.5. The molecule has 0 spiro atoms. The number of ether oxygens (including phenoxy) is 3. The lowest BCUT2D eigenvalue weighted by Crippen LogP contribution is -2.26. The average Bonchev–Trinajstić information content (AvgIpc) is 2.93. The Labute approximate surface area is 223 Å². The molecule has 1 heterocycles. The van der Waals surface area contributed by atoms with Gasteiger partial charge >= 0.3 is 5.97 Å². The van der Waals surface area contributed by atoms with Crippen LogP contribution in [0.1, 0.15) is 40.0 Å². The Balaban J connectivity index is 1.38. The maximum absolute atomic E-state index is 12.2. The average molecular weight is 520 g/mol. The molecule has 0 unspecified atom stereocenters. The second-order valence-corrected chi connectivity index (χ2v) is 9.70. The molecular formula is C31H34ClNO4. The summed E-state index contributed by atoms with van der Waals surface area (Å²) in [4.78, 5) is 17.0. The second kappa shape index (κ2) is 12.4. The number of rotatable bonds is 12. The SMILES string of the molecule is CCC(CC)(CC)COCCOC(=O)COc1ccc(-c2c3ccccc3nc3ccccc23)cc1Cl. The molecule has 0 aliphatic heterocycles. The van der Waals surface area contributed by atoms with Crippen LogP contribution in [0.3, 0.4) is 0 Å². The molecule has 0 aliphatic rings. The number of hydrogen-bond acceptors (Lipinski definition) is 5. The summed E-state index contributed by atoms with van der Waals surface area (Å²) in [5.74, 6) is -0.0255. The van der Waals surface area contributed by atoms with Crippen LogP contribution in [-0.4, -0.2) is 37.4 Å². The van der Waals surface area contributed by atoms with Crippen molar-refractivity contribution < 1.29 is 19.0 Å². The van der Waals surface area contributed by atoms with Crippen molar-refractivity contribution in [1.29, 1.82) is 0 Å². The first kappa shape index (κ1) is 26.9. The smallest absolute Gasteiger partial charge is 0.344 e. The minimum atomic E-state index is -0.456. The third-order valence-corrected chi connectivity index (χ3v) is 7.60. The predicted octanol–water partition coefficient (Wildman–Crippen LogP) is 7.86. The molecule has 0 amide bonds. The molecule has 0 aliphatic carbocycles. The molecule has 0 saturated carbocycles. The fourth-order valence-electron chi connectivity index (χ4n) is 4.66. The van der Waals surface area contributed by atoms with E-state index in [9.17, 15) is 4.79 Å². The lowest BCUT2D eigenvalue weighted by molar-refractivity contribution is -0.148. The van der Waals surface area contributed by atoms with Crippen molar-refractivity contribution >= 4 is 39.4 Å². The Kier molecular flexibility index (Phi) is 9.01. The summed E-state index contributed by atoms with van der Waals surface area (Å²) in [6, 6.07) is 21.7. The number of pyridine rings is 1. The molecule has 3 aromatic carbocycles. The first-order valence-corrected chi connectivity index (χ1v) is 13.3. The van der Waals surface area contributed by atoms with E-state index >= 15 is 0 Å². The molecule has 0 saturated heterocycles. The second-order valence-electron chi connectivity index (χ2n) is 9.29. The third kappa shape index (κ3) is 6.23. The lowest BCUT2D eigenvalue weighted by Gasteiger charge is -2.29. The van der Waals surface area contributed by atoms with Gasteiger partial charge in [-0.15, -0.1) is 0 Å². The first-order chi connectivity index (χ1) is 18.0. The number of carbonyl (C=O) groups excluding carboxylic acids is 1. The zero-order valence-corrected chi connectivity index (χ0v) is 22.5. The van der Waals surface area contributed by atoms with Crippen LogP contribution in [0.25, 0.3) is 32.9 Å². The van der Waals surface area contributed by atoms with Gasteiger partial charge in [-0.1, -0.05) is 74.8 Å². The van der Waals surface area contributed by atoms with Crippen molar-refractivity contribution in [3.8, 4) is 16.9 Å². The fourth-order valence-corrected chi connectivity index (χ4v) is 4.90. The van der Waals surface area contributed by atoms with Crippen molar-refractivity contribution in [2.75, 3.05) is 26.4 Å². The fraction of sp³-hybridized carbons (Fsp3) is 0.355. The molecule has 0 bridgehead atoms. The van der Waals surface area contributed by atoms with Crippen LogP contribution in [0.15, 0.2) is 66.7 Å². The van der Waals surface area contributed by atoms with Crippen LogP contribution in [0.4, 0.5) is 0 Å². The topological polar surface area (TPSA) is 57.7 Å². The van der Waals surface area contributed by atoms with E-state index in [0.717, 1.165) is 52.2 Å². The number of aromatic nitrogens is 1. The number of carbonyl (C=O) groups is 1. The molecule has 6 heteroatoms. The molecule has 5 nitrogen and oxygen atoms in total. The van der Waals surface area contributed by atoms with Gasteiger partial charge < -0.3 is 14.2 Å². The normalized spacial score (nSPS) is 11.7. The molecule has 0 radical (unpaired) electrons. The number of esters is 1. The summed E-state index contributed by atoms with van der Waals surface area (Å²) in [6.07, 6.45) is 3.21. The third-order valence-electron chi connectivity index (χ3n) is 7.30. The van der Waals surface area contributed by atoms with Crippen LogP contribution < -0.4 is 4.74 Å². The number of halogens is 1. The van der Waals surface area contributed by atoms with Gasteiger partial charge in [0, 0.05) is 16.3 Å². The van der Waals surface area contributed by atoms with E-state index in [4.69, 9.17) is 30.8 Å². The van der Waals surface area contributed by atoms with Crippen LogP contribution in [-0.2, 0) is 14.3 Å². The van der Waals surface area contributed by atoms with E-state index in [0.29, 0.717) is 24.0 Å². The van der Waals surface area contributed by atoms with Crippen molar-refractivity contribution in [2.24, 2.45) is 5.41 Å². The van der Waals surface area contributed by atoms with Gasteiger partial charge in [0.15, 0.2) is 6.61 Å². The Morgan fingerprint density at radius 2 is 1.49 bits per heavy atom. The van der Waals surface area contributed by atoms with E-state index in [1.54, 1.807) is 6.07 Å². The van der Waals surface area contributed by atoms with Gasteiger partial charge in [0.25, 0.3) is 0 Å². The largest absolute Gasteiger partial charge is 0.480 e. The van der Waals surface area contributed by atoms with Gasteiger partial charge in [0.2, 0.25) is 0 Å². The highest BCUT2D eigenvalue weighted by Crippen LogP contribution is 2.38.